The normalized spacial score (nSPS) is 16.4. The molecule has 1 aliphatic heterocycles. The molecule has 11 aromatic rings. The van der Waals surface area contributed by atoms with Gasteiger partial charge >= 0.3 is 0 Å². The number of rotatable bonds is 20. The van der Waals surface area contributed by atoms with E-state index in [0.717, 1.165) is 50.1 Å². The van der Waals surface area contributed by atoms with Crippen molar-refractivity contribution >= 4 is 17.0 Å². The largest absolute Gasteiger partial charge is 0.497 e. The smallest absolute Gasteiger partial charge is 0.174 e. The van der Waals surface area contributed by atoms with Gasteiger partial charge in [0.2, 0.25) is 0 Å². The van der Waals surface area contributed by atoms with Crippen molar-refractivity contribution < 1.29 is 32.8 Å². The summed E-state index contributed by atoms with van der Waals surface area (Å²) < 4.78 is 60.2. The molecule has 4 atom stereocenters. The lowest BCUT2D eigenvalue weighted by atomic mass is 9.77. The van der Waals surface area contributed by atoms with Crippen LogP contribution in [0.25, 0.3) is 11.2 Å². The summed E-state index contributed by atoms with van der Waals surface area (Å²) in [5.74, 6) is 2.47. The fourth-order valence-electron chi connectivity index (χ4n) is 11.6. The third-order valence-corrected chi connectivity index (χ3v) is 15.6. The number of aromatic nitrogens is 4. The summed E-state index contributed by atoms with van der Waals surface area (Å²) in [6, 6.07) is 83.8. The van der Waals surface area contributed by atoms with Gasteiger partial charge in [-0.05, 0) is 86.5 Å². The Labute approximate surface area is 476 Å². The van der Waals surface area contributed by atoms with Crippen molar-refractivity contribution in [3.8, 4) is 17.2 Å². The molecule has 9 aromatic carbocycles. The zero-order valence-electron chi connectivity index (χ0n) is 45.5. The summed E-state index contributed by atoms with van der Waals surface area (Å²) in [4.78, 5) is 14.7. The van der Waals surface area contributed by atoms with Crippen LogP contribution in [0.15, 0.2) is 267 Å². The highest BCUT2D eigenvalue weighted by atomic mass is 19.1. The third kappa shape index (κ3) is 9.70. The van der Waals surface area contributed by atoms with E-state index in [9.17, 15) is 0 Å². The Kier molecular flexibility index (Phi) is 15.1. The van der Waals surface area contributed by atoms with Crippen LogP contribution in [-0.4, -0.2) is 65.8 Å². The number of imidazole rings is 1. The Bertz CT molecular complexity index is 3710. The molecule has 12 rings (SSSR count). The number of ether oxygens (including phenoxy) is 6. The highest BCUT2D eigenvalue weighted by Crippen LogP contribution is 2.49. The lowest BCUT2D eigenvalue weighted by Crippen LogP contribution is -2.45. The van der Waals surface area contributed by atoms with Gasteiger partial charge in [-0.15, -0.1) is 0 Å². The number of methoxy groups -OCH3 is 3. The zero-order chi connectivity index (χ0) is 55.9. The average Bonchev–Trinajstić information content (AvgIpc) is 4.25. The Morgan fingerprint density at radius 1 is 0.451 bits per heavy atom. The molecule has 12 heteroatoms. The van der Waals surface area contributed by atoms with E-state index < -0.39 is 41.3 Å². The van der Waals surface area contributed by atoms with Gasteiger partial charge in [-0.2, -0.15) is 0 Å². The molecule has 1 aliphatic rings. The van der Waals surface area contributed by atoms with Crippen LogP contribution in [0.3, 0.4) is 0 Å². The van der Waals surface area contributed by atoms with Gasteiger partial charge in [0.15, 0.2) is 29.4 Å². The lowest BCUT2D eigenvalue weighted by molar-refractivity contribution is -0.128. The van der Waals surface area contributed by atoms with E-state index in [1.54, 1.807) is 32.2 Å². The number of alkyl halides is 1. The maximum absolute atomic E-state index is 19.1. The van der Waals surface area contributed by atoms with Crippen molar-refractivity contribution in [3.05, 3.63) is 318 Å². The van der Waals surface area contributed by atoms with E-state index >= 15 is 4.39 Å². The van der Waals surface area contributed by atoms with Gasteiger partial charge in [0, 0.05) is 0 Å². The SMILES string of the molecule is COc1ccc(C(Nc2ncnc3c2ncn3[C@@H]2O[C@H](COC(c3ccccc3)(c3ccccc3)c3ccc(OC)cc3)[C@@H](OC(c3ccccc3)(c3ccccc3)c3ccc(OC)cc3)[C@@H]2F)(c2ccccc2)c2ccccc2)cc1. The van der Waals surface area contributed by atoms with Crippen molar-refractivity contribution in [2.45, 2.75) is 41.3 Å². The Morgan fingerprint density at radius 3 is 1.24 bits per heavy atom. The summed E-state index contributed by atoms with van der Waals surface area (Å²) in [6.07, 6.45) is -2.50. The minimum Gasteiger partial charge on any atom is -0.497 e. The summed E-state index contributed by atoms with van der Waals surface area (Å²) in [5, 5.41) is 3.88. The number of anilines is 1. The van der Waals surface area contributed by atoms with E-state index in [2.05, 4.69) is 29.6 Å². The summed E-state index contributed by atoms with van der Waals surface area (Å²) in [6.45, 7) is -0.146. The molecule has 82 heavy (non-hydrogen) atoms. The molecular formula is C70H60FN5O6. The van der Waals surface area contributed by atoms with Crippen LogP contribution in [0.1, 0.15) is 56.3 Å². The molecule has 0 bridgehead atoms. The number of fused-ring (bicyclic) bond motifs is 1. The van der Waals surface area contributed by atoms with Gasteiger partial charge in [-0.1, -0.05) is 218 Å². The fraction of sp³-hybridized carbons (Fsp3) is 0.157. The average molecular weight is 1090 g/mol. The lowest BCUT2D eigenvalue weighted by Gasteiger charge is -2.40. The second-order valence-electron chi connectivity index (χ2n) is 20.1. The van der Waals surface area contributed by atoms with Gasteiger partial charge < -0.3 is 33.7 Å². The molecule has 1 N–H and O–H groups in total. The Hall–Kier alpha value is -9.46. The van der Waals surface area contributed by atoms with Crippen LogP contribution < -0.4 is 19.5 Å². The summed E-state index contributed by atoms with van der Waals surface area (Å²) in [5.41, 5.74) is 4.71. The van der Waals surface area contributed by atoms with Crippen LogP contribution in [0, 0.1) is 0 Å². The maximum atomic E-state index is 19.1. The van der Waals surface area contributed by atoms with Crippen molar-refractivity contribution in [3.63, 3.8) is 0 Å². The van der Waals surface area contributed by atoms with Crippen LogP contribution in [0.4, 0.5) is 10.2 Å². The van der Waals surface area contributed by atoms with Gasteiger partial charge in [0.25, 0.3) is 0 Å². The van der Waals surface area contributed by atoms with Crippen molar-refractivity contribution in [1.29, 1.82) is 0 Å². The van der Waals surface area contributed by atoms with Crippen molar-refractivity contribution in [2.24, 2.45) is 0 Å². The van der Waals surface area contributed by atoms with Gasteiger partial charge in [0.05, 0.1) is 34.3 Å². The number of hydrogen-bond acceptors (Lipinski definition) is 10. The van der Waals surface area contributed by atoms with Crippen LogP contribution >= 0.6 is 0 Å². The van der Waals surface area contributed by atoms with Gasteiger partial charge in [-0.3, -0.25) is 4.57 Å². The first-order valence-electron chi connectivity index (χ1n) is 27.2. The Balaban J connectivity index is 1.02. The number of hydrogen-bond donors (Lipinski definition) is 1. The van der Waals surface area contributed by atoms with Gasteiger partial charge in [0.1, 0.15) is 52.5 Å². The fourth-order valence-corrected chi connectivity index (χ4v) is 11.6. The highest BCUT2D eigenvalue weighted by molar-refractivity contribution is 5.84. The summed E-state index contributed by atoms with van der Waals surface area (Å²) in [7, 11) is 4.92. The second-order valence-corrected chi connectivity index (χ2v) is 20.1. The van der Waals surface area contributed by atoms with E-state index in [0.29, 0.717) is 34.2 Å². The minimum absolute atomic E-state index is 0.146. The van der Waals surface area contributed by atoms with Crippen LogP contribution in [-0.2, 0) is 31.0 Å². The predicted molar refractivity (Wildman–Crippen MR) is 316 cm³/mol. The topological polar surface area (TPSA) is 111 Å². The molecule has 1 fully saturated rings. The molecular weight excluding hydrogens is 1030 g/mol. The third-order valence-electron chi connectivity index (χ3n) is 15.6. The van der Waals surface area contributed by atoms with E-state index in [4.69, 9.17) is 43.4 Å². The zero-order valence-corrected chi connectivity index (χ0v) is 45.5. The van der Waals surface area contributed by atoms with E-state index in [-0.39, 0.29) is 6.61 Å². The van der Waals surface area contributed by atoms with Gasteiger partial charge in [-0.25, -0.2) is 19.3 Å². The van der Waals surface area contributed by atoms with E-state index in [1.165, 1.54) is 6.33 Å². The first kappa shape index (κ1) is 53.2. The highest BCUT2D eigenvalue weighted by Gasteiger charge is 2.54. The number of halogens is 1. The quantitative estimate of drug-likeness (QED) is 0.0741. The van der Waals surface area contributed by atoms with E-state index in [1.807, 2.05) is 231 Å². The molecule has 0 spiro atoms. The first-order valence-corrected chi connectivity index (χ1v) is 27.2. The molecule has 2 aromatic heterocycles. The summed E-state index contributed by atoms with van der Waals surface area (Å²) >= 11 is 0. The molecule has 0 aliphatic carbocycles. The molecule has 0 saturated carbocycles. The molecule has 0 radical (unpaired) electrons. The van der Waals surface area contributed by atoms with Crippen LogP contribution in [0.2, 0.25) is 0 Å². The van der Waals surface area contributed by atoms with Crippen LogP contribution in [0.5, 0.6) is 17.2 Å². The number of nitrogens with zero attached hydrogens (tertiary/aromatic N) is 4. The number of nitrogens with one attached hydrogen (secondary N) is 1. The van der Waals surface area contributed by atoms with Crippen molar-refractivity contribution in [2.75, 3.05) is 33.3 Å². The second kappa shape index (κ2) is 23.3. The standard InChI is InChI=1S/C70H60FN5O6/c1-77-58-40-34-51(35-41-58)68(49-22-10-4-11-23-49,50-24-12-5-13-25-50)75-65-63-66(73-47-72-65)76(48-74-63)67-62(71)64(82-70(54-30-18-8-19-31-54,55-32-20-9-21-33-55)57-38-44-60(79-3)45-39-57)61(81-67)46-80-69(52-26-14-6-15-27-52,53-28-16-7-17-29-53)56-36-42-59(78-2)43-37-56/h4-45,47-48,61-62,64,67H,46H2,1-3H3,(H,72,73,75)/t61-,62+,64-,67-/m1/s1. The molecule has 11 nitrogen and oxygen atoms in total. The number of benzene rings is 9. The molecule has 3 heterocycles. The predicted octanol–water partition coefficient (Wildman–Crippen LogP) is 13.9. The van der Waals surface area contributed by atoms with Crippen molar-refractivity contribution in [1.82, 2.24) is 19.5 Å². The minimum atomic E-state index is -1.85. The Morgan fingerprint density at radius 2 is 0.817 bits per heavy atom. The molecule has 1 saturated heterocycles. The maximum Gasteiger partial charge on any atom is 0.174 e. The molecule has 0 unspecified atom stereocenters. The first-order chi connectivity index (χ1) is 40.4. The molecule has 0 amide bonds. The molecule has 408 valence electrons. The monoisotopic (exact) mass is 1090 g/mol.